The molecule has 1 N–H and O–H groups in total. The smallest absolute Gasteiger partial charge is 0.408 e. The van der Waals surface area contributed by atoms with E-state index in [-0.39, 0.29) is 24.7 Å². The first-order chi connectivity index (χ1) is 19.4. The van der Waals surface area contributed by atoms with E-state index in [0.717, 1.165) is 25.7 Å². The second kappa shape index (κ2) is 20.1. The summed E-state index contributed by atoms with van der Waals surface area (Å²) in [5.74, 6) is -1.42. The van der Waals surface area contributed by atoms with Gasteiger partial charge in [-0.2, -0.15) is 0 Å². The molecule has 0 fully saturated rings. The monoisotopic (exact) mass is 575 g/mol. The Bertz CT molecular complexity index is 908. The maximum absolute atomic E-state index is 13.2. The van der Waals surface area contributed by atoms with Gasteiger partial charge in [0, 0.05) is 5.56 Å². The van der Waals surface area contributed by atoms with Crippen LogP contribution in [0.25, 0.3) is 0 Å². The average Bonchev–Trinajstić information content (AvgIpc) is 2.89. The summed E-state index contributed by atoms with van der Waals surface area (Å²) in [6.45, 7) is 11.0. The Balaban J connectivity index is 2.76. The van der Waals surface area contributed by atoms with E-state index in [0.29, 0.717) is 18.4 Å². The highest BCUT2D eigenvalue weighted by Crippen LogP contribution is 2.17. The Morgan fingerprint density at radius 1 is 0.854 bits per heavy atom. The van der Waals surface area contributed by atoms with Gasteiger partial charge in [-0.25, -0.2) is 9.59 Å². The molecule has 0 aliphatic heterocycles. The number of benzene rings is 1. The average molecular weight is 576 g/mol. The number of amides is 1. The van der Waals surface area contributed by atoms with Crippen molar-refractivity contribution >= 4 is 23.8 Å². The number of hydrogen-bond donors (Lipinski definition) is 1. The van der Waals surface area contributed by atoms with E-state index < -0.39 is 35.8 Å². The van der Waals surface area contributed by atoms with Crippen LogP contribution in [0.1, 0.15) is 129 Å². The molecule has 1 rings (SSSR count). The van der Waals surface area contributed by atoms with Gasteiger partial charge in [0.1, 0.15) is 17.7 Å². The molecule has 0 saturated heterocycles. The van der Waals surface area contributed by atoms with Gasteiger partial charge in [-0.05, 0) is 46.0 Å². The number of carbonyl (C=O) groups excluding carboxylic acids is 4. The number of rotatable bonds is 20. The van der Waals surface area contributed by atoms with E-state index >= 15 is 0 Å². The van der Waals surface area contributed by atoms with Crippen molar-refractivity contribution in [3.05, 3.63) is 35.9 Å². The molecule has 1 amide bonds. The minimum atomic E-state index is -0.911. The fraction of sp³-hybridized carbons (Fsp3) is 0.697. The topological polar surface area (TPSA) is 108 Å². The number of Topliss-reactive ketones (excluding diaryl/α,β-unsaturated/α-hetero) is 1. The van der Waals surface area contributed by atoms with Crippen LogP contribution in [0.5, 0.6) is 0 Å². The van der Waals surface area contributed by atoms with Gasteiger partial charge in [-0.1, -0.05) is 102 Å². The van der Waals surface area contributed by atoms with Crippen LogP contribution in [0, 0.1) is 5.92 Å². The first-order valence-electron chi connectivity index (χ1n) is 15.3. The van der Waals surface area contributed by atoms with Gasteiger partial charge in [0.25, 0.3) is 0 Å². The summed E-state index contributed by atoms with van der Waals surface area (Å²) in [5.41, 5.74) is -0.252. The van der Waals surface area contributed by atoms with Crippen molar-refractivity contribution in [3.63, 3.8) is 0 Å². The molecule has 8 heteroatoms. The molecule has 0 radical (unpaired) electrons. The van der Waals surface area contributed by atoms with Crippen LogP contribution in [-0.4, -0.2) is 48.2 Å². The molecule has 8 nitrogen and oxygen atoms in total. The van der Waals surface area contributed by atoms with E-state index in [1.165, 1.54) is 32.1 Å². The lowest BCUT2D eigenvalue weighted by Gasteiger charge is -2.25. The molecular formula is C33H53NO7. The van der Waals surface area contributed by atoms with Crippen molar-refractivity contribution in [1.29, 1.82) is 0 Å². The molecule has 2 atom stereocenters. The Labute approximate surface area is 247 Å². The zero-order chi connectivity index (χ0) is 30.7. The third-order valence-electron chi connectivity index (χ3n) is 6.45. The maximum atomic E-state index is 13.2. The molecule has 1 aromatic carbocycles. The maximum Gasteiger partial charge on any atom is 0.408 e. The Morgan fingerprint density at radius 2 is 1.44 bits per heavy atom. The molecule has 232 valence electrons. The summed E-state index contributed by atoms with van der Waals surface area (Å²) in [4.78, 5) is 50.6. The Hall–Kier alpha value is -2.90. The highest BCUT2D eigenvalue weighted by molar-refractivity contribution is 5.97. The SMILES string of the molecule is CCCCCCCCCCC[C@@H](CC(=O)OCC(=O)c1ccccc1)OC(=O)[C@H](CC(C)C)NC(=O)OC(C)(C)C. The van der Waals surface area contributed by atoms with Crippen LogP contribution >= 0.6 is 0 Å². The van der Waals surface area contributed by atoms with Crippen LogP contribution in [-0.2, 0) is 23.8 Å². The molecule has 0 unspecified atom stereocenters. The van der Waals surface area contributed by atoms with Crippen molar-refractivity contribution in [2.45, 2.75) is 136 Å². The number of hydrogen-bond acceptors (Lipinski definition) is 7. The van der Waals surface area contributed by atoms with Crippen LogP contribution in [0.2, 0.25) is 0 Å². The molecule has 41 heavy (non-hydrogen) atoms. The molecule has 1 aromatic rings. The summed E-state index contributed by atoms with van der Waals surface area (Å²) in [6, 6.07) is 7.71. The Morgan fingerprint density at radius 3 is 2.00 bits per heavy atom. The van der Waals surface area contributed by atoms with E-state index in [2.05, 4.69) is 12.2 Å². The lowest BCUT2D eigenvalue weighted by molar-refractivity contribution is -0.157. The van der Waals surface area contributed by atoms with Gasteiger partial charge in [-0.3, -0.25) is 9.59 Å². The molecule has 0 saturated carbocycles. The lowest BCUT2D eigenvalue weighted by Crippen LogP contribution is -2.46. The predicted octanol–water partition coefficient (Wildman–Crippen LogP) is 7.57. The minimum Gasteiger partial charge on any atom is -0.460 e. The first kappa shape index (κ1) is 36.1. The summed E-state index contributed by atoms with van der Waals surface area (Å²) in [7, 11) is 0. The molecule has 0 aliphatic carbocycles. The van der Waals surface area contributed by atoms with Crippen LogP contribution in [0.15, 0.2) is 30.3 Å². The highest BCUT2D eigenvalue weighted by atomic mass is 16.6. The quantitative estimate of drug-likeness (QED) is 0.0739. The third-order valence-corrected chi connectivity index (χ3v) is 6.45. The summed E-state index contributed by atoms with van der Waals surface area (Å²) in [6.07, 6.45) is 9.52. The van der Waals surface area contributed by atoms with Crippen molar-refractivity contribution in [2.24, 2.45) is 5.92 Å². The molecular weight excluding hydrogens is 522 g/mol. The molecule has 0 heterocycles. The van der Waals surface area contributed by atoms with E-state index in [1.807, 2.05) is 13.8 Å². The Kier molecular flexibility index (Phi) is 17.7. The highest BCUT2D eigenvalue weighted by Gasteiger charge is 2.29. The molecule has 0 spiro atoms. The number of carbonyl (C=O) groups is 4. The fourth-order valence-electron chi connectivity index (χ4n) is 4.37. The number of alkyl carbamates (subject to hydrolysis) is 1. The normalized spacial score (nSPS) is 12.9. The van der Waals surface area contributed by atoms with E-state index in [4.69, 9.17) is 14.2 Å². The van der Waals surface area contributed by atoms with Gasteiger partial charge in [0.15, 0.2) is 12.4 Å². The zero-order valence-electron chi connectivity index (χ0n) is 26.2. The van der Waals surface area contributed by atoms with Gasteiger partial charge in [0.2, 0.25) is 0 Å². The van der Waals surface area contributed by atoms with Gasteiger partial charge in [0.05, 0.1) is 6.42 Å². The number of nitrogens with one attached hydrogen (secondary N) is 1. The number of ketones is 1. The second-order valence-corrected chi connectivity index (χ2v) is 12.2. The summed E-state index contributed by atoms with van der Waals surface area (Å²) in [5, 5.41) is 2.63. The van der Waals surface area contributed by atoms with Crippen molar-refractivity contribution in [2.75, 3.05) is 6.61 Å². The van der Waals surface area contributed by atoms with Crippen molar-refractivity contribution in [1.82, 2.24) is 5.32 Å². The van der Waals surface area contributed by atoms with Gasteiger partial charge < -0.3 is 19.5 Å². The minimum absolute atomic E-state index is 0.104. The fourth-order valence-corrected chi connectivity index (χ4v) is 4.37. The van der Waals surface area contributed by atoms with Crippen LogP contribution in [0.3, 0.4) is 0 Å². The largest absolute Gasteiger partial charge is 0.460 e. The first-order valence-corrected chi connectivity index (χ1v) is 15.3. The van der Waals surface area contributed by atoms with Gasteiger partial charge >= 0.3 is 18.0 Å². The van der Waals surface area contributed by atoms with Crippen molar-refractivity contribution < 1.29 is 33.4 Å². The molecule has 0 aliphatic rings. The second-order valence-electron chi connectivity index (χ2n) is 12.2. The predicted molar refractivity (Wildman–Crippen MR) is 161 cm³/mol. The van der Waals surface area contributed by atoms with E-state index in [9.17, 15) is 19.2 Å². The van der Waals surface area contributed by atoms with Gasteiger partial charge in [-0.15, -0.1) is 0 Å². The summed E-state index contributed by atoms with van der Waals surface area (Å²) >= 11 is 0. The standard InChI is InChI=1S/C33H53NO7/c1-7-8-9-10-11-12-13-14-18-21-27(23-30(36)39-24-29(35)26-19-16-15-17-20-26)40-31(37)28(22-25(2)3)34-32(38)41-33(4,5)6/h15-17,19-20,25,27-28H,7-14,18,21-24H2,1-6H3,(H,34,38)/t27-,28-/m0/s1. The number of ether oxygens (including phenoxy) is 3. The molecule has 0 aromatic heterocycles. The zero-order valence-corrected chi connectivity index (χ0v) is 26.2. The third kappa shape index (κ3) is 18.2. The lowest BCUT2D eigenvalue weighted by atomic mass is 10.0. The number of unbranched alkanes of at least 4 members (excludes halogenated alkanes) is 8. The summed E-state index contributed by atoms with van der Waals surface area (Å²) < 4.78 is 16.4. The molecule has 0 bridgehead atoms. The van der Waals surface area contributed by atoms with E-state index in [1.54, 1.807) is 51.1 Å². The van der Waals surface area contributed by atoms with Crippen molar-refractivity contribution in [3.8, 4) is 0 Å². The number of esters is 2. The van der Waals surface area contributed by atoms with Crippen LogP contribution < -0.4 is 5.32 Å². The van der Waals surface area contributed by atoms with Crippen LogP contribution in [0.4, 0.5) is 4.79 Å².